The summed E-state index contributed by atoms with van der Waals surface area (Å²) in [6, 6.07) is 14.2. The van der Waals surface area contributed by atoms with Crippen LogP contribution in [-0.4, -0.2) is 25.1 Å². The third kappa shape index (κ3) is 4.15. The van der Waals surface area contributed by atoms with E-state index < -0.39 is 10.0 Å². The van der Waals surface area contributed by atoms with Crippen molar-refractivity contribution in [3.8, 4) is 5.75 Å². The summed E-state index contributed by atoms with van der Waals surface area (Å²) in [4.78, 5) is 4.28. The number of halogens is 1. The fourth-order valence-corrected chi connectivity index (χ4v) is 4.13. The molecule has 136 valence electrons. The van der Waals surface area contributed by atoms with Crippen molar-refractivity contribution in [2.24, 2.45) is 0 Å². The first kappa shape index (κ1) is 18.6. The van der Waals surface area contributed by atoms with E-state index in [1.165, 1.54) is 23.8 Å². The van der Waals surface area contributed by atoms with Crippen LogP contribution in [0.5, 0.6) is 5.75 Å². The maximum atomic E-state index is 12.5. The smallest absolute Gasteiger partial charge is 0.240 e. The fraction of sp³-hybridized carbons (Fsp3) is 0.211. The van der Waals surface area contributed by atoms with E-state index in [9.17, 15) is 13.5 Å². The number of nitrogens with zero attached hydrogens (tertiary/aromatic N) is 1. The maximum Gasteiger partial charge on any atom is 0.240 e. The Morgan fingerprint density at radius 3 is 2.62 bits per heavy atom. The monoisotopic (exact) mass is 390 g/mol. The van der Waals surface area contributed by atoms with Crippen LogP contribution >= 0.6 is 11.6 Å². The summed E-state index contributed by atoms with van der Waals surface area (Å²) < 4.78 is 27.7. The zero-order valence-corrected chi connectivity index (χ0v) is 15.8. The highest BCUT2D eigenvalue weighted by atomic mass is 35.5. The third-order valence-corrected chi connectivity index (χ3v) is 5.86. The topological polar surface area (TPSA) is 79.3 Å². The highest BCUT2D eigenvalue weighted by molar-refractivity contribution is 7.89. The number of benzene rings is 2. The molecule has 0 aliphatic heterocycles. The lowest BCUT2D eigenvalue weighted by Crippen LogP contribution is -2.25. The van der Waals surface area contributed by atoms with Gasteiger partial charge in [0.2, 0.25) is 10.0 Å². The zero-order valence-electron chi connectivity index (χ0n) is 14.2. The van der Waals surface area contributed by atoms with E-state index in [0.29, 0.717) is 29.6 Å². The predicted molar refractivity (Wildman–Crippen MR) is 103 cm³/mol. The summed E-state index contributed by atoms with van der Waals surface area (Å²) in [6.07, 6.45) is 1.48. The van der Waals surface area contributed by atoms with Crippen molar-refractivity contribution in [2.45, 2.75) is 24.7 Å². The summed E-state index contributed by atoms with van der Waals surface area (Å²) in [5.41, 5.74) is 2.01. The number of hydrogen-bond acceptors (Lipinski definition) is 4. The molecule has 0 unspecified atom stereocenters. The number of fused-ring (bicyclic) bond motifs is 1. The normalized spacial score (nSPS) is 11.8. The molecule has 7 heteroatoms. The number of aromatic nitrogens is 1. The Morgan fingerprint density at radius 1 is 1.15 bits per heavy atom. The molecule has 2 aromatic carbocycles. The van der Waals surface area contributed by atoms with E-state index in [1.54, 1.807) is 6.92 Å². The Labute approximate surface area is 157 Å². The largest absolute Gasteiger partial charge is 0.506 e. The Bertz CT molecular complexity index is 1040. The number of aromatic hydroxyl groups is 1. The fourth-order valence-electron chi connectivity index (χ4n) is 2.68. The van der Waals surface area contributed by atoms with Crippen molar-refractivity contribution >= 4 is 32.5 Å². The molecular weight excluding hydrogens is 372 g/mol. The zero-order chi connectivity index (χ0) is 18.7. The molecule has 0 saturated carbocycles. The first-order valence-electron chi connectivity index (χ1n) is 8.20. The van der Waals surface area contributed by atoms with Crippen LogP contribution in [-0.2, 0) is 16.4 Å². The second-order valence-electron chi connectivity index (χ2n) is 6.05. The van der Waals surface area contributed by atoms with Gasteiger partial charge in [-0.2, -0.15) is 0 Å². The van der Waals surface area contributed by atoms with E-state index in [4.69, 9.17) is 11.6 Å². The Morgan fingerprint density at radius 2 is 1.88 bits per heavy atom. The van der Waals surface area contributed by atoms with Gasteiger partial charge in [-0.3, -0.25) is 0 Å². The minimum atomic E-state index is -3.69. The number of nitrogens with one attached hydrogen (secondary N) is 1. The average molecular weight is 391 g/mol. The molecule has 1 heterocycles. The molecule has 3 aromatic rings. The van der Waals surface area contributed by atoms with E-state index in [1.807, 2.05) is 30.3 Å². The van der Waals surface area contributed by atoms with Crippen LogP contribution in [0.2, 0.25) is 5.02 Å². The number of sulfonamides is 1. The molecule has 3 rings (SSSR count). The molecule has 0 amide bonds. The molecule has 0 aliphatic rings. The summed E-state index contributed by atoms with van der Waals surface area (Å²) in [5, 5.41) is 10.5. The molecular formula is C19H19ClN2O3S. The molecule has 0 fully saturated rings. The third-order valence-electron chi connectivity index (χ3n) is 4.11. The van der Waals surface area contributed by atoms with Crippen LogP contribution in [0.1, 0.15) is 17.7 Å². The predicted octanol–water partition coefficient (Wildman–Crippen LogP) is 3.81. The highest BCUT2D eigenvalue weighted by Crippen LogP contribution is 2.30. The summed E-state index contributed by atoms with van der Waals surface area (Å²) >= 11 is 6.19. The van der Waals surface area contributed by atoms with Crippen LogP contribution in [0.4, 0.5) is 0 Å². The quantitative estimate of drug-likeness (QED) is 0.627. The van der Waals surface area contributed by atoms with Crippen LogP contribution < -0.4 is 4.72 Å². The summed E-state index contributed by atoms with van der Waals surface area (Å²) in [7, 11) is -3.69. The van der Waals surface area contributed by atoms with Crippen molar-refractivity contribution in [1.29, 1.82) is 0 Å². The lowest BCUT2D eigenvalue weighted by atomic mass is 10.1. The van der Waals surface area contributed by atoms with Crippen molar-refractivity contribution < 1.29 is 13.5 Å². The van der Waals surface area contributed by atoms with Gasteiger partial charge < -0.3 is 5.11 Å². The van der Waals surface area contributed by atoms with Gasteiger partial charge in [0.25, 0.3) is 0 Å². The minimum Gasteiger partial charge on any atom is -0.506 e. The van der Waals surface area contributed by atoms with Gasteiger partial charge in [-0.05, 0) is 43.5 Å². The number of rotatable bonds is 6. The van der Waals surface area contributed by atoms with Gasteiger partial charge in [0.05, 0.1) is 21.1 Å². The Balaban J connectivity index is 1.75. The second kappa shape index (κ2) is 7.61. The van der Waals surface area contributed by atoms with Crippen LogP contribution in [0.3, 0.4) is 0 Å². The molecule has 0 spiro atoms. The molecule has 0 saturated heterocycles. The molecule has 0 bridgehead atoms. The Hall–Kier alpha value is -2.15. The second-order valence-corrected chi connectivity index (χ2v) is 8.23. The van der Waals surface area contributed by atoms with Gasteiger partial charge in [-0.15, -0.1) is 0 Å². The van der Waals surface area contributed by atoms with E-state index in [-0.39, 0.29) is 15.7 Å². The lowest BCUT2D eigenvalue weighted by molar-refractivity contribution is 0.469. The van der Waals surface area contributed by atoms with Crippen LogP contribution in [0.25, 0.3) is 10.9 Å². The van der Waals surface area contributed by atoms with Crippen LogP contribution in [0.15, 0.2) is 53.4 Å². The summed E-state index contributed by atoms with van der Waals surface area (Å²) in [6.45, 7) is 1.97. The van der Waals surface area contributed by atoms with Crippen LogP contribution in [0, 0.1) is 6.92 Å². The molecule has 0 atom stereocenters. The maximum absolute atomic E-state index is 12.5. The lowest BCUT2D eigenvalue weighted by Gasteiger charge is -2.10. The van der Waals surface area contributed by atoms with Gasteiger partial charge >= 0.3 is 0 Å². The number of aryl methyl sites for hydroxylation is 2. The van der Waals surface area contributed by atoms with Crippen molar-refractivity contribution in [2.75, 3.05) is 6.54 Å². The molecule has 1 aromatic heterocycles. The van der Waals surface area contributed by atoms with Gasteiger partial charge in [-0.25, -0.2) is 18.1 Å². The SMILES string of the molecule is Cc1nc2cc(S(=O)(=O)NCCCc3ccccc3)cc(Cl)c2cc1O. The van der Waals surface area contributed by atoms with E-state index in [0.717, 1.165) is 6.42 Å². The molecule has 0 aliphatic carbocycles. The highest BCUT2D eigenvalue weighted by Gasteiger charge is 2.17. The summed E-state index contributed by atoms with van der Waals surface area (Å²) in [5.74, 6) is 0.0223. The minimum absolute atomic E-state index is 0.0223. The van der Waals surface area contributed by atoms with Gasteiger partial charge in [-0.1, -0.05) is 41.9 Å². The molecule has 26 heavy (non-hydrogen) atoms. The number of pyridine rings is 1. The van der Waals surface area contributed by atoms with E-state index >= 15 is 0 Å². The van der Waals surface area contributed by atoms with Gasteiger partial charge in [0.15, 0.2) is 0 Å². The average Bonchev–Trinajstić information content (AvgIpc) is 2.61. The van der Waals surface area contributed by atoms with Gasteiger partial charge in [0, 0.05) is 11.9 Å². The molecule has 5 nitrogen and oxygen atoms in total. The van der Waals surface area contributed by atoms with Crippen molar-refractivity contribution in [1.82, 2.24) is 9.71 Å². The standard InChI is InChI=1S/C19H19ClN2O3S/c1-13-19(23)12-16-17(20)10-15(11-18(16)22-13)26(24,25)21-9-5-8-14-6-3-2-4-7-14/h2-4,6-7,10-12,21,23H,5,8-9H2,1H3. The first-order chi connectivity index (χ1) is 12.4. The molecule has 0 radical (unpaired) electrons. The van der Waals surface area contributed by atoms with E-state index in [2.05, 4.69) is 9.71 Å². The molecule has 2 N–H and O–H groups in total. The van der Waals surface area contributed by atoms with Crippen molar-refractivity contribution in [3.63, 3.8) is 0 Å². The Kier molecular flexibility index (Phi) is 5.46. The van der Waals surface area contributed by atoms with Gasteiger partial charge in [0.1, 0.15) is 5.75 Å². The van der Waals surface area contributed by atoms with Crippen molar-refractivity contribution in [3.05, 3.63) is 64.8 Å². The first-order valence-corrected chi connectivity index (χ1v) is 10.1. The number of hydrogen-bond donors (Lipinski definition) is 2.